The molecule has 0 spiro atoms. The van der Waals surface area contributed by atoms with Crippen molar-refractivity contribution in [1.82, 2.24) is 10.6 Å². The van der Waals surface area contributed by atoms with Crippen LogP contribution in [0.25, 0.3) is 11.1 Å². The van der Waals surface area contributed by atoms with Crippen molar-refractivity contribution in [1.29, 1.82) is 0 Å². The molecule has 6 rings (SSSR count). The number of fused-ring (bicyclic) bond motifs is 2. The summed E-state index contributed by atoms with van der Waals surface area (Å²) in [5, 5.41) is 16.6. The molecule has 0 saturated carbocycles. The predicted molar refractivity (Wildman–Crippen MR) is 141 cm³/mol. The van der Waals surface area contributed by atoms with Crippen LogP contribution >= 0.6 is 11.6 Å². The van der Waals surface area contributed by atoms with E-state index in [0.29, 0.717) is 24.0 Å². The summed E-state index contributed by atoms with van der Waals surface area (Å²) in [6.45, 7) is 2.66. The first kappa shape index (κ1) is 25.3. The van der Waals surface area contributed by atoms with E-state index in [4.69, 9.17) is 16.3 Å². The zero-order valence-corrected chi connectivity index (χ0v) is 22.0. The molecule has 1 fully saturated rings. The highest BCUT2D eigenvalue weighted by atomic mass is 35.5. The smallest absolute Gasteiger partial charge is 0.251 e. The van der Waals surface area contributed by atoms with Crippen LogP contribution in [0.1, 0.15) is 58.5 Å². The predicted octanol–water partition coefficient (Wildman–Crippen LogP) is 5.45. The minimum Gasteiger partial charge on any atom is -0.480 e. The van der Waals surface area contributed by atoms with Crippen LogP contribution in [0.4, 0.5) is 8.78 Å². The Kier molecular flexibility index (Phi) is 6.21. The van der Waals surface area contributed by atoms with E-state index in [1.54, 1.807) is 6.07 Å². The molecule has 2 aliphatic heterocycles. The van der Waals surface area contributed by atoms with E-state index in [1.807, 2.05) is 37.3 Å². The Labute approximate surface area is 225 Å². The highest BCUT2D eigenvalue weighted by Crippen LogP contribution is 2.53. The van der Waals surface area contributed by atoms with Crippen molar-refractivity contribution in [2.75, 3.05) is 13.6 Å². The minimum absolute atomic E-state index is 0.0518. The summed E-state index contributed by atoms with van der Waals surface area (Å²) < 4.78 is 38.5. The Morgan fingerprint density at radius 2 is 1.97 bits per heavy atom. The molecule has 2 unspecified atom stereocenters. The topological polar surface area (TPSA) is 70.6 Å². The van der Waals surface area contributed by atoms with Gasteiger partial charge in [0.05, 0.1) is 22.7 Å². The summed E-state index contributed by atoms with van der Waals surface area (Å²) in [6, 6.07) is 12.5. The van der Waals surface area contributed by atoms with Crippen LogP contribution in [-0.4, -0.2) is 30.6 Å². The molecule has 38 heavy (non-hydrogen) atoms. The monoisotopic (exact) mass is 538 g/mol. The van der Waals surface area contributed by atoms with E-state index in [9.17, 15) is 9.90 Å². The van der Waals surface area contributed by atoms with E-state index >= 15 is 8.78 Å². The van der Waals surface area contributed by atoms with Crippen LogP contribution in [0.5, 0.6) is 5.75 Å². The van der Waals surface area contributed by atoms with Gasteiger partial charge >= 0.3 is 0 Å². The first-order chi connectivity index (χ1) is 18.3. The highest BCUT2D eigenvalue weighted by molar-refractivity contribution is 6.34. The lowest BCUT2D eigenvalue weighted by Crippen LogP contribution is -2.48. The number of carbonyl (C=O) groups is 1. The third-order valence-electron chi connectivity index (χ3n) is 8.39. The normalized spacial score (nSPS) is 25.7. The first-order valence-corrected chi connectivity index (χ1v) is 13.4. The number of rotatable bonds is 4. The van der Waals surface area contributed by atoms with Gasteiger partial charge in [0.25, 0.3) is 5.91 Å². The van der Waals surface area contributed by atoms with Crippen LogP contribution in [0.15, 0.2) is 42.5 Å². The Hall–Kier alpha value is -3.00. The average Bonchev–Trinajstić information content (AvgIpc) is 3.65. The van der Waals surface area contributed by atoms with Crippen LogP contribution in [-0.2, 0) is 18.4 Å². The van der Waals surface area contributed by atoms with Crippen LogP contribution in [0, 0.1) is 17.6 Å². The van der Waals surface area contributed by atoms with E-state index in [1.165, 1.54) is 13.1 Å². The first-order valence-electron chi connectivity index (χ1n) is 13.0. The standard InChI is InChI=1S/C30H29ClF2N2O3/c1-15-11-16-12-18(29(37)34-2)25(27(33)23(16)28(15)36)24-19-14-30(22-9-6-10-35-22,17-7-4-3-5-8-17)38-21(19)13-20(32)26(24)31/h3-5,7-8,12-13,15,22,28,35-36H,6,9-11,14H2,1-2H3,(H,34,37)/t15?,22-,28?,30-/m0/s1. The average molecular weight is 539 g/mol. The molecule has 4 atom stereocenters. The van der Waals surface area contributed by atoms with Crippen molar-refractivity contribution < 1.29 is 23.4 Å². The number of aliphatic hydroxyl groups is 1. The summed E-state index contributed by atoms with van der Waals surface area (Å²) in [4.78, 5) is 13.1. The zero-order valence-electron chi connectivity index (χ0n) is 21.2. The molecule has 1 amide bonds. The maximum Gasteiger partial charge on any atom is 0.251 e. The number of hydrogen-bond acceptors (Lipinski definition) is 4. The number of benzene rings is 3. The molecule has 3 N–H and O–H groups in total. The van der Waals surface area contributed by atoms with Gasteiger partial charge in [0.2, 0.25) is 0 Å². The molecule has 8 heteroatoms. The second-order valence-electron chi connectivity index (χ2n) is 10.6. The quantitative estimate of drug-likeness (QED) is 0.413. The van der Waals surface area contributed by atoms with Crippen molar-refractivity contribution in [3.05, 3.63) is 86.9 Å². The van der Waals surface area contributed by atoms with Gasteiger partial charge in [-0.25, -0.2) is 8.78 Å². The van der Waals surface area contributed by atoms with Crippen LogP contribution < -0.4 is 15.4 Å². The summed E-state index contributed by atoms with van der Waals surface area (Å²) in [6.07, 6.45) is 1.53. The number of ether oxygens (including phenoxy) is 1. The number of nitrogens with one attached hydrogen (secondary N) is 2. The summed E-state index contributed by atoms with van der Waals surface area (Å²) in [7, 11) is 1.46. The third-order valence-corrected chi connectivity index (χ3v) is 8.76. The largest absolute Gasteiger partial charge is 0.480 e. The molecule has 3 aromatic rings. The van der Waals surface area contributed by atoms with Crippen molar-refractivity contribution in [2.24, 2.45) is 5.92 Å². The third kappa shape index (κ3) is 3.67. The van der Waals surface area contributed by atoms with Gasteiger partial charge in [0.1, 0.15) is 17.4 Å². The second-order valence-corrected chi connectivity index (χ2v) is 11.0. The molecule has 3 aliphatic rings. The van der Waals surface area contributed by atoms with Gasteiger partial charge in [0, 0.05) is 41.8 Å². The van der Waals surface area contributed by atoms with Crippen molar-refractivity contribution >= 4 is 17.5 Å². The van der Waals surface area contributed by atoms with Crippen LogP contribution in [0.3, 0.4) is 0 Å². The second kappa shape index (κ2) is 9.33. The van der Waals surface area contributed by atoms with Gasteiger partial charge in [-0.1, -0.05) is 48.9 Å². The van der Waals surface area contributed by atoms with E-state index in [0.717, 1.165) is 24.9 Å². The van der Waals surface area contributed by atoms with E-state index in [2.05, 4.69) is 10.6 Å². The maximum absolute atomic E-state index is 16.5. The molecule has 1 aliphatic carbocycles. The lowest BCUT2D eigenvalue weighted by atomic mass is 9.80. The molecule has 3 aromatic carbocycles. The Bertz CT molecular complexity index is 1440. The number of halogens is 3. The van der Waals surface area contributed by atoms with Gasteiger partial charge in [-0.2, -0.15) is 0 Å². The fourth-order valence-corrected chi connectivity index (χ4v) is 6.79. The molecule has 0 bridgehead atoms. The summed E-state index contributed by atoms with van der Waals surface area (Å²) >= 11 is 6.61. The number of hydrogen-bond donors (Lipinski definition) is 3. The molecule has 0 aromatic heterocycles. The van der Waals surface area contributed by atoms with Gasteiger partial charge in [-0.3, -0.25) is 4.79 Å². The van der Waals surface area contributed by atoms with Crippen molar-refractivity contribution in [3.8, 4) is 16.9 Å². The van der Waals surface area contributed by atoms with E-state index < -0.39 is 29.2 Å². The number of amides is 1. The van der Waals surface area contributed by atoms with Crippen LogP contribution in [0.2, 0.25) is 5.02 Å². The fourth-order valence-electron chi connectivity index (χ4n) is 6.53. The van der Waals surface area contributed by atoms with Gasteiger partial charge in [0.15, 0.2) is 5.60 Å². The maximum atomic E-state index is 16.5. The van der Waals surface area contributed by atoms with Crippen molar-refractivity contribution in [3.63, 3.8) is 0 Å². The van der Waals surface area contributed by atoms with Gasteiger partial charge < -0.3 is 20.5 Å². The SMILES string of the molecule is CNC(=O)c1cc2c(c(F)c1-c1c(Cl)c(F)cc3c1C[C@](c1ccccc1)([C@@H]1CCCN1)O3)C(O)C(C)C2. The Morgan fingerprint density at radius 3 is 2.66 bits per heavy atom. The molecular weight excluding hydrogens is 510 g/mol. The Balaban J connectivity index is 1.61. The summed E-state index contributed by atoms with van der Waals surface area (Å²) in [5.74, 6) is -1.97. The molecule has 198 valence electrons. The molecular formula is C30H29ClF2N2O3. The summed E-state index contributed by atoms with van der Waals surface area (Å²) in [5.41, 5.74) is 1.35. The molecule has 5 nitrogen and oxygen atoms in total. The van der Waals surface area contributed by atoms with Crippen molar-refractivity contribution in [2.45, 2.75) is 50.4 Å². The molecule has 2 heterocycles. The highest BCUT2D eigenvalue weighted by Gasteiger charge is 2.50. The minimum atomic E-state index is -1.04. The number of aliphatic hydroxyl groups excluding tert-OH is 1. The fraction of sp³-hybridized carbons (Fsp3) is 0.367. The van der Waals surface area contributed by atoms with Gasteiger partial charge in [-0.05, 0) is 48.9 Å². The lowest BCUT2D eigenvalue weighted by Gasteiger charge is -2.35. The van der Waals surface area contributed by atoms with E-state index in [-0.39, 0.29) is 45.0 Å². The Morgan fingerprint density at radius 1 is 1.21 bits per heavy atom. The number of carbonyl (C=O) groups excluding carboxylic acids is 1. The van der Waals surface area contributed by atoms with Gasteiger partial charge in [-0.15, -0.1) is 0 Å². The lowest BCUT2D eigenvalue weighted by molar-refractivity contribution is 0.0539. The molecule has 1 saturated heterocycles. The zero-order chi connectivity index (χ0) is 26.8. The molecule has 0 radical (unpaired) electrons.